The van der Waals surface area contributed by atoms with E-state index in [2.05, 4.69) is 10.6 Å². The van der Waals surface area contributed by atoms with Crippen LogP contribution in [0, 0.1) is 0 Å². The summed E-state index contributed by atoms with van der Waals surface area (Å²) in [6, 6.07) is 6.69. The first-order valence-corrected chi connectivity index (χ1v) is 6.28. The van der Waals surface area contributed by atoms with Crippen LogP contribution < -0.4 is 16.4 Å². The lowest BCUT2D eigenvalue weighted by atomic mass is 10.1. The molecule has 1 aromatic carbocycles. The van der Waals surface area contributed by atoms with E-state index >= 15 is 0 Å². The zero-order valence-corrected chi connectivity index (χ0v) is 11.7. The molecule has 0 bridgehead atoms. The standard InChI is InChI=1S/C13H17N3O2S/c1-8(2)16-11(17)7-15-13(18)10-5-3-4-9(6-10)12(14)19/h3-6,8H,7H2,1-2H3,(H2,14,19)(H,15,18)(H,16,17). The molecule has 6 heteroatoms. The third-order valence-corrected chi connectivity index (χ3v) is 2.50. The van der Waals surface area contributed by atoms with E-state index in [-0.39, 0.29) is 29.4 Å². The fourth-order valence-electron chi connectivity index (χ4n) is 1.45. The number of hydrogen-bond acceptors (Lipinski definition) is 3. The zero-order chi connectivity index (χ0) is 14.4. The van der Waals surface area contributed by atoms with E-state index in [0.29, 0.717) is 11.1 Å². The van der Waals surface area contributed by atoms with Crippen LogP contribution in [0.25, 0.3) is 0 Å². The van der Waals surface area contributed by atoms with Crippen LogP contribution in [0.15, 0.2) is 24.3 Å². The smallest absolute Gasteiger partial charge is 0.251 e. The molecule has 0 fully saturated rings. The second kappa shape index (κ2) is 6.84. The Kier molecular flexibility index (Phi) is 5.44. The van der Waals surface area contributed by atoms with Gasteiger partial charge in [-0.25, -0.2) is 0 Å². The van der Waals surface area contributed by atoms with E-state index < -0.39 is 0 Å². The van der Waals surface area contributed by atoms with Crippen LogP contribution in [0.2, 0.25) is 0 Å². The Balaban J connectivity index is 2.61. The summed E-state index contributed by atoms with van der Waals surface area (Å²) in [4.78, 5) is 23.5. The summed E-state index contributed by atoms with van der Waals surface area (Å²) in [7, 11) is 0. The van der Waals surface area contributed by atoms with Crippen LogP contribution in [0.1, 0.15) is 29.8 Å². The first-order chi connectivity index (χ1) is 8.90. The highest BCUT2D eigenvalue weighted by Gasteiger charge is 2.09. The quantitative estimate of drug-likeness (QED) is 0.688. The van der Waals surface area contributed by atoms with Gasteiger partial charge in [0.15, 0.2) is 0 Å². The van der Waals surface area contributed by atoms with E-state index in [4.69, 9.17) is 18.0 Å². The van der Waals surface area contributed by atoms with Gasteiger partial charge in [-0.2, -0.15) is 0 Å². The number of carbonyl (C=O) groups is 2. The normalized spacial score (nSPS) is 10.1. The topological polar surface area (TPSA) is 84.2 Å². The van der Waals surface area contributed by atoms with Crippen molar-refractivity contribution in [3.8, 4) is 0 Å². The summed E-state index contributed by atoms with van der Waals surface area (Å²) in [5, 5.41) is 5.22. The van der Waals surface area contributed by atoms with E-state index in [1.165, 1.54) is 0 Å². The lowest BCUT2D eigenvalue weighted by Gasteiger charge is -2.09. The van der Waals surface area contributed by atoms with Gasteiger partial charge in [0.05, 0.1) is 6.54 Å². The van der Waals surface area contributed by atoms with Crippen LogP contribution >= 0.6 is 12.2 Å². The Hall–Kier alpha value is -1.95. The first kappa shape index (κ1) is 15.1. The minimum Gasteiger partial charge on any atom is -0.389 e. The predicted molar refractivity (Wildman–Crippen MR) is 77.9 cm³/mol. The van der Waals surface area contributed by atoms with Crippen molar-refractivity contribution in [2.45, 2.75) is 19.9 Å². The number of hydrogen-bond donors (Lipinski definition) is 3. The summed E-state index contributed by atoms with van der Waals surface area (Å²) in [5.74, 6) is -0.564. The molecule has 2 amide bonds. The molecule has 102 valence electrons. The second-order valence-corrected chi connectivity index (χ2v) is 4.79. The van der Waals surface area contributed by atoms with Gasteiger partial charge in [0.2, 0.25) is 5.91 Å². The molecule has 0 unspecified atom stereocenters. The molecule has 0 radical (unpaired) electrons. The maximum atomic E-state index is 11.8. The molecule has 0 aliphatic rings. The molecule has 1 aromatic rings. The second-order valence-electron chi connectivity index (χ2n) is 4.35. The van der Waals surface area contributed by atoms with Crippen molar-refractivity contribution in [1.82, 2.24) is 10.6 Å². The number of rotatable bonds is 5. The van der Waals surface area contributed by atoms with E-state index in [1.807, 2.05) is 13.8 Å². The Morgan fingerprint density at radius 3 is 2.53 bits per heavy atom. The molecular formula is C13H17N3O2S. The Morgan fingerprint density at radius 1 is 1.32 bits per heavy atom. The van der Waals surface area contributed by atoms with Gasteiger partial charge in [-0.05, 0) is 26.0 Å². The van der Waals surface area contributed by atoms with Gasteiger partial charge in [-0.1, -0.05) is 24.4 Å². The monoisotopic (exact) mass is 279 g/mol. The fraction of sp³-hybridized carbons (Fsp3) is 0.308. The van der Waals surface area contributed by atoms with Crippen molar-refractivity contribution >= 4 is 29.0 Å². The first-order valence-electron chi connectivity index (χ1n) is 5.87. The van der Waals surface area contributed by atoms with Crippen LogP contribution in [0.4, 0.5) is 0 Å². The van der Waals surface area contributed by atoms with Gasteiger partial charge in [-0.3, -0.25) is 9.59 Å². The number of nitrogens with one attached hydrogen (secondary N) is 2. The third-order valence-electron chi connectivity index (χ3n) is 2.27. The molecule has 1 rings (SSSR count). The van der Waals surface area contributed by atoms with Gasteiger partial charge < -0.3 is 16.4 Å². The molecule has 4 N–H and O–H groups in total. The van der Waals surface area contributed by atoms with Gasteiger partial charge in [0.1, 0.15) is 4.99 Å². The zero-order valence-electron chi connectivity index (χ0n) is 10.9. The van der Waals surface area contributed by atoms with Crippen molar-refractivity contribution < 1.29 is 9.59 Å². The van der Waals surface area contributed by atoms with Crippen molar-refractivity contribution in [1.29, 1.82) is 0 Å². The molecule has 0 heterocycles. The van der Waals surface area contributed by atoms with Gasteiger partial charge in [0, 0.05) is 17.2 Å². The Bertz CT molecular complexity index is 500. The summed E-state index contributed by atoms with van der Waals surface area (Å²) >= 11 is 4.84. The predicted octanol–water partition coefficient (Wildman–Crippen LogP) is 0.575. The molecule has 0 aliphatic carbocycles. The minimum absolute atomic E-state index is 0.0438. The number of amides is 2. The van der Waals surface area contributed by atoms with Gasteiger partial charge in [0.25, 0.3) is 5.91 Å². The number of nitrogens with two attached hydrogens (primary N) is 1. The number of thiocarbonyl (C=S) groups is 1. The molecule has 0 aliphatic heterocycles. The van der Waals surface area contributed by atoms with E-state index in [9.17, 15) is 9.59 Å². The average Bonchev–Trinajstić information content (AvgIpc) is 2.35. The van der Waals surface area contributed by atoms with Crippen LogP contribution in [0.3, 0.4) is 0 Å². The van der Waals surface area contributed by atoms with E-state index in [1.54, 1.807) is 24.3 Å². The Morgan fingerprint density at radius 2 is 1.95 bits per heavy atom. The minimum atomic E-state index is -0.336. The molecule has 0 saturated carbocycles. The summed E-state index contributed by atoms with van der Waals surface area (Å²) < 4.78 is 0. The highest BCUT2D eigenvalue weighted by molar-refractivity contribution is 7.80. The average molecular weight is 279 g/mol. The van der Waals surface area contributed by atoms with Crippen LogP contribution in [0.5, 0.6) is 0 Å². The number of benzene rings is 1. The maximum absolute atomic E-state index is 11.8. The SMILES string of the molecule is CC(C)NC(=O)CNC(=O)c1cccc(C(N)=S)c1. The van der Waals surface area contributed by atoms with Crippen LogP contribution in [-0.4, -0.2) is 29.4 Å². The molecule has 0 atom stereocenters. The van der Waals surface area contributed by atoms with Crippen molar-refractivity contribution in [3.63, 3.8) is 0 Å². The molecule has 19 heavy (non-hydrogen) atoms. The highest BCUT2D eigenvalue weighted by Crippen LogP contribution is 2.05. The molecule has 0 saturated heterocycles. The third kappa shape index (κ3) is 5.05. The Labute approximate surface area is 117 Å². The molecule has 5 nitrogen and oxygen atoms in total. The van der Waals surface area contributed by atoms with E-state index in [0.717, 1.165) is 0 Å². The van der Waals surface area contributed by atoms with Gasteiger partial charge in [-0.15, -0.1) is 0 Å². The van der Waals surface area contributed by atoms with Crippen molar-refractivity contribution in [2.75, 3.05) is 6.54 Å². The fourth-order valence-corrected chi connectivity index (χ4v) is 1.58. The molecule has 0 spiro atoms. The molecular weight excluding hydrogens is 262 g/mol. The summed E-state index contributed by atoms with van der Waals surface area (Å²) in [6.45, 7) is 3.64. The highest BCUT2D eigenvalue weighted by atomic mass is 32.1. The maximum Gasteiger partial charge on any atom is 0.251 e. The largest absolute Gasteiger partial charge is 0.389 e. The number of carbonyl (C=O) groups excluding carboxylic acids is 2. The van der Waals surface area contributed by atoms with Crippen molar-refractivity contribution in [3.05, 3.63) is 35.4 Å². The molecule has 0 aromatic heterocycles. The van der Waals surface area contributed by atoms with Crippen molar-refractivity contribution in [2.24, 2.45) is 5.73 Å². The lowest BCUT2D eigenvalue weighted by molar-refractivity contribution is -0.120. The summed E-state index contributed by atoms with van der Waals surface area (Å²) in [5.41, 5.74) is 6.53. The van der Waals surface area contributed by atoms with Gasteiger partial charge >= 0.3 is 0 Å². The van der Waals surface area contributed by atoms with Crippen LogP contribution in [-0.2, 0) is 4.79 Å². The summed E-state index contributed by atoms with van der Waals surface area (Å²) in [6.07, 6.45) is 0. The lowest BCUT2D eigenvalue weighted by Crippen LogP contribution is -2.39.